The molecule has 1 saturated carbocycles. The lowest BCUT2D eigenvalue weighted by Gasteiger charge is -2.19. The maximum absolute atomic E-state index is 3.78. The van der Waals surface area contributed by atoms with Crippen LogP contribution >= 0.6 is 11.3 Å². The van der Waals surface area contributed by atoms with E-state index in [2.05, 4.69) is 60.3 Å². The van der Waals surface area contributed by atoms with Crippen molar-refractivity contribution in [3.63, 3.8) is 0 Å². The van der Waals surface area contributed by atoms with Crippen LogP contribution < -0.4 is 5.32 Å². The van der Waals surface area contributed by atoms with Crippen molar-refractivity contribution in [2.75, 3.05) is 6.54 Å². The molecule has 0 bridgehead atoms. The van der Waals surface area contributed by atoms with E-state index in [-0.39, 0.29) is 0 Å². The lowest BCUT2D eigenvalue weighted by atomic mass is 9.98. The second-order valence-corrected chi connectivity index (χ2v) is 6.60. The number of thiophene rings is 1. The normalized spacial score (nSPS) is 22.7. The van der Waals surface area contributed by atoms with Gasteiger partial charge in [-0.1, -0.05) is 37.3 Å². The lowest BCUT2D eigenvalue weighted by molar-refractivity contribution is 0.472. The van der Waals surface area contributed by atoms with Gasteiger partial charge in [-0.25, -0.2) is 0 Å². The molecule has 1 N–H and O–H groups in total. The van der Waals surface area contributed by atoms with Crippen molar-refractivity contribution in [2.24, 2.45) is 5.92 Å². The number of hydrogen-bond acceptors (Lipinski definition) is 2. The van der Waals surface area contributed by atoms with Gasteiger partial charge in [0, 0.05) is 6.04 Å². The molecule has 20 heavy (non-hydrogen) atoms. The summed E-state index contributed by atoms with van der Waals surface area (Å²) in [7, 11) is 0. The molecule has 2 aromatic rings. The molecule has 1 aliphatic rings. The molecule has 106 valence electrons. The minimum Gasteiger partial charge on any atom is -0.310 e. The monoisotopic (exact) mass is 285 g/mol. The van der Waals surface area contributed by atoms with Gasteiger partial charge in [-0.2, -0.15) is 11.3 Å². The molecular formula is C18H23NS. The Balaban J connectivity index is 1.77. The highest BCUT2D eigenvalue weighted by Gasteiger charge is 2.44. The third-order valence-corrected chi connectivity index (χ3v) is 5.22. The van der Waals surface area contributed by atoms with Crippen molar-refractivity contribution in [2.45, 2.75) is 38.6 Å². The van der Waals surface area contributed by atoms with Gasteiger partial charge < -0.3 is 5.32 Å². The molecule has 0 amide bonds. The molecule has 0 saturated heterocycles. The van der Waals surface area contributed by atoms with Crippen LogP contribution in [-0.4, -0.2) is 6.54 Å². The van der Waals surface area contributed by atoms with E-state index in [1.54, 1.807) is 0 Å². The van der Waals surface area contributed by atoms with Crippen molar-refractivity contribution < 1.29 is 0 Å². The molecule has 2 heteroatoms. The van der Waals surface area contributed by atoms with Crippen LogP contribution in [0.3, 0.4) is 0 Å². The maximum atomic E-state index is 3.78. The standard InChI is InChI=1S/C18H23NS/c1-3-9-19-18(17-12-20-11-13(17)2)16-10-15(16)14-7-5-4-6-8-14/h4-8,11-12,15-16,18-19H,3,9-10H2,1-2H3. The van der Waals surface area contributed by atoms with Gasteiger partial charge in [0.25, 0.3) is 0 Å². The quantitative estimate of drug-likeness (QED) is 0.796. The smallest absolute Gasteiger partial charge is 0.0365 e. The van der Waals surface area contributed by atoms with Crippen LogP contribution in [0.15, 0.2) is 41.1 Å². The predicted octanol–water partition coefficient (Wildman–Crippen LogP) is 4.90. The van der Waals surface area contributed by atoms with Gasteiger partial charge in [-0.3, -0.25) is 0 Å². The van der Waals surface area contributed by atoms with Crippen LogP contribution in [0.25, 0.3) is 0 Å². The van der Waals surface area contributed by atoms with Gasteiger partial charge in [0.1, 0.15) is 0 Å². The fourth-order valence-electron chi connectivity index (χ4n) is 3.15. The molecule has 1 nitrogen and oxygen atoms in total. The summed E-state index contributed by atoms with van der Waals surface area (Å²) >= 11 is 1.83. The van der Waals surface area contributed by atoms with E-state index < -0.39 is 0 Å². The molecule has 3 atom stereocenters. The average Bonchev–Trinajstić information content (AvgIpc) is 3.16. The van der Waals surface area contributed by atoms with E-state index in [0.717, 1.165) is 18.4 Å². The first-order valence-electron chi connectivity index (χ1n) is 7.62. The van der Waals surface area contributed by atoms with Crippen LogP contribution in [0, 0.1) is 12.8 Å². The lowest BCUT2D eigenvalue weighted by Crippen LogP contribution is -2.24. The SMILES string of the molecule is CCCNC(c1cscc1C)C1CC1c1ccccc1. The van der Waals surface area contributed by atoms with Crippen molar-refractivity contribution in [1.29, 1.82) is 0 Å². The average molecular weight is 285 g/mol. The first kappa shape index (κ1) is 13.8. The van der Waals surface area contributed by atoms with Crippen LogP contribution in [0.4, 0.5) is 0 Å². The molecule has 3 unspecified atom stereocenters. The number of benzene rings is 1. The van der Waals surface area contributed by atoms with Crippen molar-refractivity contribution in [3.05, 3.63) is 57.8 Å². The van der Waals surface area contributed by atoms with E-state index in [4.69, 9.17) is 0 Å². The second-order valence-electron chi connectivity index (χ2n) is 5.86. The zero-order valence-electron chi connectivity index (χ0n) is 12.3. The summed E-state index contributed by atoms with van der Waals surface area (Å²) in [6.45, 7) is 5.59. The molecule has 0 aliphatic heterocycles. The third kappa shape index (κ3) is 2.82. The number of nitrogens with one attached hydrogen (secondary N) is 1. The third-order valence-electron chi connectivity index (χ3n) is 4.34. The van der Waals surface area contributed by atoms with E-state index >= 15 is 0 Å². The van der Waals surface area contributed by atoms with Crippen LogP contribution in [-0.2, 0) is 0 Å². The van der Waals surface area contributed by atoms with E-state index in [1.165, 1.54) is 29.5 Å². The Labute approximate surface area is 126 Å². The van der Waals surface area contributed by atoms with Gasteiger partial charge in [-0.05, 0) is 65.6 Å². The fourth-order valence-corrected chi connectivity index (χ4v) is 4.03. The van der Waals surface area contributed by atoms with E-state index in [0.29, 0.717) is 6.04 Å². The molecule has 1 aromatic heterocycles. The first-order chi connectivity index (χ1) is 9.81. The van der Waals surface area contributed by atoms with Crippen LogP contribution in [0.2, 0.25) is 0 Å². The molecule has 0 radical (unpaired) electrons. The predicted molar refractivity (Wildman–Crippen MR) is 87.4 cm³/mol. The number of aryl methyl sites for hydroxylation is 1. The maximum Gasteiger partial charge on any atom is 0.0365 e. The highest BCUT2D eigenvalue weighted by Crippen LogP contribution is 2.54. The summed E-state index contributed by atoms with van der Waals surface area (Å²) in [4.78, 5) is 0. The Kier molecular flexibility index (Phi) is 4.23. The van der Waals surface area contributed by atoms with Crippen molar-refractivity contribution in [1.82, 2.24) is 5.32 Å². The van der Waals surface area contributed by atoms with Gasteiger partial charge >= 0.3 is 0 Å². The summed E-state index contributed by atoms with van der Waals surface area (Å²) in [6.07, 6.45) is 2.52. The molecule has 1 heterocycles. The molecule has 0 spiro atoms. The van der Waals surface area contributed by atoms with Gasteiger partial charge in [0.2, 0.25) is 0 Å². The molecule has 1 aliphatic carbocycles. The van der Waals surface area contributed by atoms with Crippen LogP contribution in [0.1, 0.15) is 48.4 Å². The Morgan fingerprint density at radius 2 is 2.05 bits per heavy atom. The van der Waals surface area contributed by atoms with Crippen molar-refractivity contribution >= 4 is 11.3 Å². The molecule has 3 rings (SSSR count). The molecular weight excluding hydrogens is 262 g/mol. The fraction of sp³-hybridized carbons (Fsp3) is 0.444. The minimum absolute atomic E-state index is 0.534. The van der Waals surface area contributed by atoms with Gasteiger partial charge in [0.05, 0.1) is 0 Å². The summed E-state index contributed by atoms with van der Waals surface area (Å²) in [5.41, 5.74) is 4.47. The Morgan fingerprint density at radius 3 is 2.70 bits per heavy atom. The summed E-state index contributed by atoms with van der Waals surface area (Å²) < 4.78 is 0. The van der Waals surface area contributed by atoms with Gasteiger partial charge in [0.15, 0.2) is 0 Å². The molecule has 1 aromatic carbocycles. The Morgan fingerprint density at radius 1 is 1.25 bits per heavy atom. The highest BCUT2D eigenvalue weighted by molar-refractivity contribution is 7.08. The zero-order chi connectivity index (χ0) is 13.9. The largest absolute Gasteiger partial charge is 0.310 e. The topological polar surface area (TPSA) is 12.0 Å². The van der Waals surface area contributed by atoms with Gasteiger partial charge in [-0.15, -0.1) is 0 Å². The minimum atomic E-state index is 0.534. The van der Waals surface area contributed by atoms with Crippen molar-refractivity contribution in [3.8, 4) is 0 Å². The summed E-state index contributed by atoms with van der Waals surface area (Å²) in [5.74, 6) is 1.50. The Bertz CT molecular complexity index is 546. The first-order valence-corrected chi connectivity index (χ1v) is 8.56. The van der Waals surface area contributed by atoms with Crippen LogP contribution in [0.5, 0.6) is 0 Å². The Hall–Kier alpha value is -1.12. The summed E-state index contributed by atoms with van der Waals surface area (Å²) in [6, 6.07) is 11.5. The number of rotatable bonds is 6. The molecule has 1 fully saturated rings. The zero-order valence-corrected chi connectivity index (χ0v) is 13.1. The summed E-state index contributed by atoms with van der Waals surface area (Å²) in [5, 5.41) is 8.39. The van der Waals surface area contributed by atoms with E-state index in [1.807, 2.05) is 11.3 Å². The number of hydrogen-bond donors (Lipinski definition) is 1. The second kappa shape index (κ2) is 6.11. The highest BCUT2D eigenvalue weighted by atomic mass is 32.1. The van der Waals surface area contributed by atoms with E-state index in [9.17, 15) is 0 Å².